The van der Waals surface area contributed by atoms with Crippen LogP contribution in [0, 0.1) is 0 Å². The first-order valence-electron chi connectivity index (χ1n) is 6.39. The molecule has 6 heteroatoms. The largest absolute Gasteiger partial charge is 0.495 e. The molecule has 1 aromatic carbocycles. The minimum Gasteiger partial charge on any atom is -0.495 e. The van der Waals surface area contributed by atoms with Crippen molar-refractivity contribution in [2.45, 2.75) is 6.54 Å². The Kier molecular flexibility index (Phi) is 5.14. The van der Waals surface area contributed by atoms with E-state index in [1.807, 2.05) is 35.0 Å². The van der Waals surface area contributed by atoms with Gasteiger partial charge in [-0.05, 0) is 12.1 Å². The molecular weight excluding hydrogens is 256 g/mol. The van der Waals surface area contributed by atoms with Gasteiger partial charge in [0.15, 0.2) is 0 Å². The molecule has 0 saturated heterocycles. The number of nitrogens with one attached hydrogen (secondary N) is 2. The summed E-state index contributed by atoms with van der Waals surface area (Å²) < 4.78 is 7.12. The lowest BCUT2D eigenvalue weighted by Crippen LogP contribution is -2.30. The van der Waals surface area contributed by atoms with Crippen LogP contribution >= 0.6 is 0 Å². The predicted octanol–water partition coefficient (Wildman–Crippen LogP) is 1.12. The molecule has 0 fully saturated rings. The van der Waals surface area contributed by atoms with Gasteiger partial charge in [-0.2, -0.15) is 0 Å². The number of ether oxygens (including phenoxy) is 1. The highest BCUT2D eigenvalue weighted by Gasteiger charge is 2.05. The first-order chi connectivity index (χ1) is 9.79. The van der Waals surface area contributed by atoms with Crippen LogP contribution < -0.4 is 15.4 Å². The van der Waals surface area contributed by atoms with Crippen LogP contribution in [0.2, 0.25) is 0 Å². The molecule has 2 aromatic rings. The van der Waals surface area contributed by atoms with Gasteiger partial charge in [0, 0.05) is 25.5 Å². The third kappa shape index (κ3) is 4.10. The quantitative estimate of drug-likeness (QED) is 0.742. The molecular formula is C14H18N4O2. The second-order valence-electron chi connectivity index (χ2n) is 4.23. The number of imidazole rings is 1. The van der Waals surface area contributed by atoms with Crippen molar-refractivity contribution in [2.75, 3.05) is 25.5 Å². The van der Waals surface area contributed by atoms with Crippen molar-refractivity contribution in [3.05, 3.63) is 43.0 Å². The van der Waals surface area contributed by atoms with Crippen LogP contribution in [-0.4, -0.2) is 35.7 Å². The summed E-state index contributed by atoms with van der Waals surface area (Å²) >= 11 is 0. The summed E-state index contributed by atoms with van der Waals surface area (Å²) in [5.41, 5.74) is 0.677. The molecule has 0 bridgehead atoms. The number of nitrogens with zero attached hydrogens (tertiary/aromatic N) is 2. The molecule has 1 heterocycles. The van der Waals surface area contributed by atoms with E-state index in [4.69, 9.17) is 4.74 Å². The van der Waals surface area contributed by atoms with Gasteiger partial charge in [-0.1, -0.05) is 12.1 Å². The highest BCUT2D eigenvalue weighted by Crippen LogP contribution is 2.22. The van der Waals surface area contributed by atoms with Gasteiger partial charge in [0.1, 0.15) is 5.75 Å². The first kappa shape index (κ1) is 14.1. The Labute approximate surface area is 117 Å². The van der Waals surface area contributed by atoms with Gasteiger partial charge in [0.05, 0.1) is 25.7 Å². The van der Waals surface area contributed by atoms with Gasteiger partial charge in [-0.25, -0.2) is 4.98 Å². The molecule has 1 amide bonds. The van der Waals surface area contributed by atoms with E-state index in [0.717, 1.165) is 6.54 Å². The monoisotopic (exact) mass is 274 g/mol. The zero-order valence-electron chi connectivity index (χ0n) is 11.4. The van der Waals surface area contributed by atoms with E-state index in [1.165, 1.54) is 0 Å². The van der Waals surface area contributed by atoms with Gasteiger partial charge in [-0.15, -0.1) is 0 Å². The van der Waals surface area contributed by atoms with Crippen LogP contribution in [-0.2, 0) is 11.3 Å². The van der Waals surface area contributed by atoms with E-state index in [1.54, 1.807) is 19.6 Å². The van der Waals surface area contributed by atoms with E-state index in [0.29, 0.717) is 18.0 Å². The normalized spacial score (nSPS) is 10.2. The topological polar surface area (TPSA) is 68.2 Å². The molecule has 0 aliphatic heterocycles. The lowest BCUT2D eigenvalue weighted by atomic mass is 10.3. The number of rotatable bonds is 7. The Hall–Kier alpha value is -2.34. The van der Waals surface area contributed by atoms with Crippen molar-refractivity contribution in [1.29, 1.82) is 0 Å². The van der Waals surface area contributed by atoms with Gasteiger partial charge in [0.2, 0.25) is 5.91 Å². The van der Waals surface area contributed by atoms with Crippen LogP contribution in [0.25, 0.3) is 0 Å². The minimum absolute atomic E-state index is 0.0971. The highest BCUT2D eigenvalue weighted by atomic mass is 16.5. The van der Waals surface area contributed by atoms with Crippen LogP contribution in [0.1, 0.15) is 0 Å². The third-order valence-electron chi connectivity index (χ3n) is 2.77. The Balaban J connectivity index is 1.72. The number of anilines is 1. The molecule has 1 aromatic heterocycles. The smallest absolute Gasteiger partial charge is 0.238 e. The maximum atomic E-state index is 11.8. The fraction of sp³-hybridized carbons (Fsp3) is 0.286. The molecule has 0 aliphatic carbocycles. The fourth-order valence-electron chi connectivity index (χ4n) is 1.77. The number of benzene rings is 1. The summed E-state index contributed by atoms with van der Waals surface area (Å²) in [6, 6.07) is 7.33. The summed E-state index contributed by atoms with van der Waals surface area (Å²) in [5, 5.41) is 5.89. The molecule has 0 spiro atoms. The molecule has 0 radical (unpaired) electrons. The minimum atomic E-state index is -0.0971. The molecule has 106 valence electrons. The number of carbonyl (C=O) groups is 1. The van der Waals surface area contributed by atoms with Crippen molar-refractivity contribution in [1.82, 2.24) is 14.9 Å². The van der Waals surface area contributed by atoms with Gasteiger partial charge < -0.3 is 19.9 Å². The maximum Gasteiger partial charge on any atom is 0.238 e. The van der Waals surface area contributed by atoms with Crippen molar-refractivity contribution >= 4 is 11.6 Å². The Bertz CT molecular complexity index is 540. The lowest BCUT2D eigenvalue weighted by Gasteiger charge is -2.10. The first-order valence-corrected chi connectivity index (χ1v) is 6.39. The summed E-state index contributed by atoms with van der Waals surface area (Å²) in [4.78, 5) is 15.7. The number of methoxy groups -OCH3 is 1. The number of hydrogen-bond acceptors (Lipinski definition) is 4. The maximum absolute atomic E-state index is 11.8. The zero-order chi connectivity index (χ0) is 14.2. The van der Waals surface area contributed by atoms with Crippen LogP contribution in [0.15, 0.2) is 43.0 Å². The molecule has 0 aliphatic rings. The van der Waals surface area contributed by atoms with Crippen LogP contribution in [0.4, 0.5) is 5.69 Å². The average molecular weight is 274 g/mol. The van der Waals surface area contributed by atoms with Crippen molar-refractivity contribution in [3.8, 4) is 5.75 Å². The number of carbonyl (C=O) groups excluding carboxylic acids is 1. The zero-order valence-corrected chi connectivity index (χ0v) is 11.4. The molecule has 6 nitrogen and oxygen atoms in total. The third-order valence-corrected chi connectivity index (χ3v) is 2.77. The lowest BCUT2D eigenvalue weighted by molar-refractivity contribution is -0.115. The average Bonchev–Trinajstić information content (AvgIpc) is 2.97. The predicted molar refractivity (Wildman–Crippen MR) is 76.7 cm³/mol. The number of para-hydroxylation sites is 2. The van der Waals surface area contributed by atoms with E-state index in [2.05, 4.69) is 15.6 Å². The Morgan fingerprint density at radius 3 is 3.00 bits per heavy atom. The summed E-state index contributed by atoms with van der Waals surface area (Å²) in [6.07, 6.45) is 5.36. The summed E-state index contributed by atoms with van der Waals surface area (Å²) in [5.74, 6) is 0.555. The van der Waals surface area contributed by atoms with Crippen molar-refractivity contribution in [3.63, 3.8) is 0 Å². The van der Waals surface area contributed by atoms with Gasteiger partial charge in [0.25, 0.3) is 0 Å². The standard InChI is InChI=1S/C14H18N4O2/c1-20-13-5-3-2-4-12(13)17-14(19)10-15-6-8-18-9-7-16-11-18/h2-5,7,9,11,15H,6,8,10H2,1H3,(H,17,19). The highest BCUT2D eigenvalue weighted by molar-refractivity contribution is 5.93. The van der Waals surface area contributed by atoms with Crippen LogP contribution in [0.5, 0.6) is 5.75 Å². The van der Waals surface area contributed by atoms with Crippen molar-refractivity contribution < 1.29 is 9.53 Å². The summed E-state index contributed by atoms with van der Waals surface area (Å²) in [6.45, 7) is 1.74. The van der Waals surface area contributed by atoms with Crippen LogP contribution in [0.3, 0.4) is 0 Å². The van der Waals surface area contributed by atoms with E-state index in [9.17, 15) is 4.79 Å². The fourth-order valence-corrected chi connectivity index (χ4v) is 1.77. The second kappa shape index (κ2) is 7.30. The summed E-state index contributed by atoms with van der Waals surface area (Å²) in [7, 11) is 1.58. The Morgan fingerprint density at radius 1 is 1.40 bits per heavy atom. The van der Waals surface area contributed by atoms with E-state index in [-0.39, 0.29) is 12.5 Å². The molecule has 2 N–H and O–H groups in total. The molecule has 0 atom stereocenters. The van der Waals surface area contributed by atoms with Crippen molar-refractivity contribution in [2.24, 2.45) is 0 Å². The molecule has 0 unspecified atom stereocenters. The SMILES string of the molecule is COc1ccccc1NC(=O)CNCCn1ccnc1. The number of hydrogen-bond donors (Lipinski definition) is 2. The molecule has 0 saturated carbocycles. The van der Waals surface area contributed by atoms with Gasteiger partial charge in [-0.3, -0.25) is 4.79 Å². The Morgan fingerprint density at radius 2 is 2.25 bits per heavy atom. The number of amides is 1. The number of aromatic nitrogens is 2. The second-order valence-corrected chi connectivity index (χ2v) is 4.23. The molecule has 20 heavy (non-hydrogen) atoms. The molecule has 2 rings (SSSR count). The van der Waals surface area contributed by atoms with E-state index < -0.39 is 0 Å². The van der Waals surface area contributed by atoms with Gasteiger partial charge >= 0.3 is 0 Å². The van der Waals surface area contributed by atoms with E-state index >= 15 is 0 Å².